The van der Waals surface area contributed by atoms with Crippen LogP contribution in [0.3, 0.4) is 0 Å². The molecule has 2 atom stereocenters. The van der Waals surface area contributed by atoms with E-state index in [-0.39, 0.29) is 5.92 Å². The first-order chi connectivity index (χ1) is 12.3. The molecule has 0 spiro atoms. The molecule has 2 unspecified atom stereocenters. The SMILES string of the molecule is O=C1CCCCC1CC1c2ccccc2-c2cc3ccccc3cc21. The molecule has 0 aliphatic heterocycles. The molecule has 2 aliphatic carbocycles. The molecule has 0 saturated heterocycles. The molecule has 0 aromatic heterocycles. The lowest BCUT2D eigenvalue weighted by molar-refractivity contribution is -0.124. The molecule has 0 bridgehead atoms. The van der Waals surface area contributed by atoms with Crippen LogP contribution >= 0.6 is 0 Å². The second-order valence-electron chi connectivity index (χ2n) is 7.57. The van der Waals surface area contributed by atoms with E-state index in [1.54, 1.807) is 0 Å². The van der Waals surface area contributed by atoms with E-state index in [4.69, 9.17) is 0 Å². The average molecular weight is 326 g/mol. The van der Waals surface area contributed by atoms with Gasteiger partial charge in [0.2, 0.25) is 0 Å². The number of benzene rings is 3. The second-order valence-corrected chi connectivity index (χ2v) is 7.57. The summed E-state index contributed by atoms with van der Waals surface area (Å²) in [4.78, 5) is 12.4. The average Bonchev–Trinajstić information content (AvgIpc) is 2.95. The number of carbonyl (C=O) groups excluding carboxylic acids is 1. The van der Waals surface area contributed by atoms with Crippen molar-refractivity contribution in [1.29, 1.82) is 0 Å². The van der Waals surface area contributed by atoms with Gasteiger partial charge in [-0.15, -0.1) is 0 Å². The smallest absolute Gasteiger partial charge is 0.136 e. The van der Waals surface area contributed by atoms with E-state index >= 15 is 0 Å². The minimum Gasteiger partial charge on any atom is -0.299 e. The normalized spacial score (nSPS) is 22.0. The van der Waals surface area contributed by atoms with Crippen LogP contribution in [0.5, 0.6) is 0 Å². The maximum Gasteiger partial charge on any atom is 0.136 e. The van der Waals surface area contributed by atoms with Gasteiger partial charge in [-0.3, -0.25) is 4.79 Å². The van der Waals surface area contributed by atoms with Gasteiger partial charge in [-0.05, 0) is 64.4 Å². The van der Waals surface area contributed by atoms with Crippen LogP contribution in [-0.2, 0) is 4.79 Å². The van der Waals surface area contributed by atoms with E-state index in [1.165, 1.54) is 39.4 Å². The monoisotopic (exact) mass is 326 g/mol. The highest BCUT2D eigenvalue weighted by Crippen LogP contribution is 2.49. The zero-order chi connectivity index (χ0) is 16.8. The maximum absolute atomic E-state index is 12.4. The molecule has 0 N–H and O–H groups in total. The summed E-state index contributed by atoms with van der Waals surface area (Å²) in [5.74, 6) is 1.09. The molecule has 1 heteroatoms. The van der Waals surface area contributed by atoms with Gasteiger partial charge in [-0.25, -0.2) is 0 Å². The first kappa shape index (κ1) is 14.9. The lowest BCUT2D eigenvalue weighted by Crippen LogP contribution is -2.21. The Morgan fingerprint density at radius 2 is 1.56 bits per heavy atom. The zero-order valence-electron chi connectivity index (χ0n) is 14.4. The van der Waals surface area contributed by atoms with Crippen molar-refractivity contribution in [2.75, 3.05) is 0 Å². The summed E-state index contributed by atoms with van der Waals surface area (Å²) < 4.78 is 0. The van der Waals surface area contributed by atoms with Crippen LogP contribution < -0.4 is 0 Å². The summed E-state index contributed by atoms with van der Waals surface area (Å²) in [5.41, 5.74) is 5.54. The van der Waals surface area contributed by atoms with Crippen LogP contribution in [0.2, 0.25) is 0 Å². The van der Waals surface area contributed by atoms with E-state index in [1.807, 2.05) is 0 Å². The van der Waals surface area contributed by atoms with Gasteiger partial charge < -0.3 is 0 Å². The number of hydrogen-bond acceptors (Lipinski definition) is 1. The molecule has 5 rings (SSSR count). The van der Waals surface area contributed by atoms with Crippen molar-refractivity contribution in [3.05, 3.63) is 71.8 Å². The summed E-state index contributed by atoms with van der Waals surface area (Å²) in [5, 5.41) is 2.60. The highest BCUT2D eigenvalue weighted by molar-refractivity contribution is 5.93. The third-order valence-corrected chi connectivity index (χ3v) is 6.12. The number of rotatable bonds is 2. The van der Waals surface area contributed by atoms with Crippen LogP contribution in [-0.4, -0.2) is 5.78 Å². The minimum absolute atomic E-state index is 0.240. The Kier molecular flexibility index (Phi) is 3.48. The van der Waals surface area contributed by atoms with Gasteiger partial charge in [0.15, 0.2) is 0 Å². The van der Waals surface area contributed by atoms with Crippen molar-refractivity contribution in [2.24, 2.45) is 5.92 Å². The third-order valence-electron chi connectivity index (χ3n) is 6.12. The van der Waals surface area contributed by atoms with Crippen molar-refractivity contribution in [1.82, 2.24) is 0 Å². The van der Waals surface area contributed by atoms with Crippen molar-refractivity contribution in [3.8, 4) is 11.1 Å². The molecule has 1 nitrogen and oxygen atoms in total. The van der Waals surface area contributed by atoms with Crippen LogP contribution in [0, 0.1) is 5.92 Å². The number of fused-ring (bicyclic) bond motifs is 4. The Morgan fingerprint density at radius 1 is 0.800 bits per heavy atom. The molecule has 2 aliphatic rings. The van der Waals surface area contributed by atoms with E-state index < -0.39 is 0 Å². The lowest BCUT2D eigenvalue weighted by atomic mass is 9.79. The van der Waals surface area contributed by atoms with Crippen LogP contribution in [0.25, 0.3) is 21.9 Å². The fourth-order valence-corrected chi connectivity index (χ4v) is 4.84. The summed E-state index contributed by atoms with van der Waals surface area (Å²) in [7, 11) is 0. The summed E-state index contributed by atoms with van der Waals surface area (Å²) in [6, 6.07) is 22.1. The Bertz CT molecular complexity index is 969. The standard InChI is InChI=1S/C24H22O/c25-24-12-6-3-9-18(24)15-22-20-11-5-4-10-19(20)21-13-16-7-1-2-8-17(16)14-23(21)22/h1-2,4-5,7-8,10-11,13-14,18,22H,3,6,9,12,15H2. The molecule has 1 fully saturated rings. The Labute approximate surface area is 148 Å². The fraction of sp³-hybridized carbons (Fsp3) is 0.292. The van der Waals surface area contributed by atoms with Crippen molar-refractivity contribution < 1.29 is 4.79 Å². The molecule has 0 heterocycles. The van der Waals surface area contributed by atoms with Gasteiger partial charge in [0.05, 0.1) is 0 Å². The highest BCUT2D eigenvalue weighted by atomic mass is 16.1. The molecule has 0 amide bonds. The number of hydrogen-bond donors (Lipinski definition) is 0. The predicted octanol–water partition coefficient (Wildman–Crippen LogP) is 6.10. The van der Waals surface area contributed by atoms with E-state index in [0.717, 1.165) is 25.7 Å². The van der Waals surface area contributed by atoms with E-state index in [2.05, 4.69) is 60.7 Å². The number of ketones is 1. The number of Topliss-reactive ketones (excluding diaryl/α,β-unsaturated/α-hetero) is 1. The third kappa shape index (κ3) is 2.41. The van der Waals surface area contributed by atoms with Crippen molar-refractivity contribution in [2.45, 2.75) is 38.0 Å². The second kappa shape index (κ2) is 5.84. The summed E-state index contributed by atoms with van der Waals surface area (Å²) in [6.07, 6.45) is 5.11. The quantitative estimate of drug-likeness (QED) is 0.556. The molecule has 1 saturated carbocycles. The minimum atomic E-state index is 0.240. The molecule has 3 aromatic carbocycles. The van der Waals surface area contributed by atoms with Gasteiger partial charge in [0.1, 0.15) is 5.78 Å². The van der Waals surface area contributed by atoms with Crippen LogP contribution in [0.15, 0.2) is 60.7 Å². The topological polar surface area (TPSA) is 17.1 Å². The van der Waals surface area contributed by atoms with E-state index in [0.29, 0.717) is 11.7 Å². The molecular formula is C24H22O. The Balaban J connectivity index is 1.64. The lowest BCUT2D eigenvalue weighted by Gasteiger charge is -2.24. The van der Waals surface area contributed by atoms with Crippen molar-refractivity contribution >= 4 is 16.6 Å². The molecule has 25 heavy (non-hydrogen) atoms. The number of carbonyl (C=O) groups is 1. The maximum atomic E-state index is 12.4. The Morgan fingerprint density at radius 3 is 2.40 bits per heavy atom. The van der Waals surface area contributed by atoms with Crippen molar-refractivity contribution in [3.63, 3.8) is 0 Å². The van der Waals surface area contributed by atoms with Gasteiger partial charge in [-0.2, -0.15) is 0 Å². The van der Waals surface area contributed by atoms with Crippen LogP contribution in [0.1, 0.15) is 49.1 Å². The van der Waals surface area contributed by atoms with Gasteiger partial charge in [0.25, 0.3) is 0 Å². The summed E-state index contributed by atoms with van der Waals surface area (Å²) in [6.45, 7) is 0. The van der Waals surface area contributed by atoms with E-state index in [9.17, 15) is 4.79 Å². The highest BCUT2D eigenvalue weighted by Gasteiger charge is 2.33. The van der Waals surface area contributed by atoms with Gasteiger partial charge in [0, 0.05) is 18.3 Å². The Hall–Kier alpha value is -2.41. The predicted molar refractivity (Wildman–Crippen MR) is 103 cm³/mol. The van der Waals surface area contributed by atoms with Gasteiger partial charge >= 0.3 is 0 Å². The zero-order valence-corrected chi connectivity index (χ0v) is 14.4. The van der Waals surface area contributed by atoms with Gasteiger partial charge in [-0.1, -0.05) is 55.0 Å². The molecule has 3 aromatic rings. The largest absolute Gasteiger partial charge is 0.299 e. The molecule has 0 radical (unpaired) electrons. The summed E-state index contributed by atoms with van der Waals surface area (Å²) >= 11 is 0. The first-order valence-electron chi connectivity index (χ1n) is 9.46. The molecular weight excluding hydrogens is 304 g/mol. The first-order valence-corrected chi connectivity index (χ1v) is 9.46. The molecule has 124 valence electrons. The fourth-order valence-electron chi connectivity index (χ4n) is 4.84. The van der Waals surface area contributed by atoms with Crippen LogP contribution in [0.4, 0.5) is 0 Å².